The van der Waals surface area contributed by atoms with E-state index in [1.807, 2.05) is 11.8 Å². The van der Waals surface area contributed by atoms with Gasteiger partial charge in [-0.05, 0) is 19.6 Å². The van der Waals surface area contributed by atoms with E-state index in [2.05, 4.69) is 47.0 Å². The summed E-state index contributed by atoms with van der Waals surface area (Å²) in [7, 11) is 0. The molecule has 0 radical (unpaired) electrons. The second-order valence-electron chi connectivity index (χ2n) is 4.57. The van der Waals surface area contributed by atoms with Gasteiger partial charge in [0.05, 0.1) is 5.69 Å². The molecule has 0 saturated heterocycles. The third-order valence-corrected chi connectivity index (χ3v) is 5.15. The van der Waals surface area contributed by atoms with Crippen molar-refractivity contribution in [2.24, 2.45) is 0 Å². The van der Waals surface area contributed by atoms with E-state index in [-0.39, 0.29) is 0 Å². The first kappa shape index (κ1) is 15.8. The van der Waals surface area contributed by atoms with Crippen LogP contribution in [0.15, 0.2) is 16.6 Å². The van der Waals surface area contributed by atoms with E-state index in [1.165, 1.54) is 10.7 Å². The van der Waals surface area contributed by atoms with E-state index in [4.69, 9.17) is 4.98 Å². The minimum atomic E-state index is 0.891. The quantitative estimate of drug-likeness (QED) is 0.722. The number of nitrogens with zero attached hydrogens (tertiary/aromatic N) is 3. The van der Waals surface area contributed by atoms with Gasteiger partial charge in [-0.3, -0.25) is 4.40 Å². The van der Waals surface area contributed by atoms with Crippen LogP contribution in [0.5, 0.6) is 0 Å². The molecule has 0 atom stereocenters. The molecule has 20 heavy (non-hydrogen) atoms. The van der Waals surface area contributed by atoms with Gasteiger partial charge in [-0.1, -0.05) is 20.8 Å². The highest BCUT2D eigenvalue weighted by Gasteiger charge is 2.13. The molecule has 4 nitrogen and oxygen atoms in total. The maximum atomic E-state index is 4.76. The molecule has 2 aromatic rings. The lowest BCUT2D eigenvalue weighted by Crippen LogP contribution is -2.25. The van der Waals surface area contributed by atoms with Crippen molar-refractivity contribution in [3.63, 3.8) is 0 Å². The van der Waals surface area contributed by atoms with Crippen LogP contribution in [-0.2, 0) is 6.54 Å². The Hall–Kier alpha value is -0.560. The molecule has 0 saturated carbocycles. The van der Waals surface area contributed by atoms with Gasteiger partial charge in [0.1, 0.15) is 5.03 Å². The lowest BCUT2D eigenvalue weighted by atomic mass is 10.4. The number of thioether (sulfide) groups is 1. The predicted octanol–water partition coefficient (Wildman–Crippen LogP) is 2.94. The molecule has 2 aromatic heterocycles. The van der Waals surface area contributed by atoms with Crippen LogP contribution in [0.25, 0.3) is 4.96 Å². The number of fused-ring (bicyclic) bond motifs is 1. The first-order chi connectivity index (χ1) is 9.80. The Kier molecular flexibility index (Phi) is 6.35. The topological polar surface area (TPSA) is 32.6 Å². The van der Waals surface area contributed by atoms with Crippen LogP contribution in [-0.4, -0.2) is 46.2 Å². The van der Waals surface area contributed by atoms with Crippen molar-refractivity contribution in [3.8, 4) is 0 Å². The van der Waals surface area contributed by atoms with Gasteiger partial charge >= 0.3 is 0 Å². The minimum absolute atomic E-state index is 0.891. The predicted molar refractivity (Wildman–Crippen MR) is 89.0 cm³/mol. The summed E-state index contributed by atoms with van der Waals surface area (Å²) in [6, 6.07) is 0. The van der Waals surface area contributed by atoms with Gasteiger partial charge in [0.15, 0.2) is 4.96 Å². The number of imidazole rings is 1. The zero-order chi connectivity index (χ0) is 14.4. The molecule has 0 unspecified atom stereocenters. The smallest absolute Gasteiger partial charge is 0.194 e. The normalized spacial score (nSPS) is 11.8. The Morgan fingerprint density at radius 2 is 2.15 bits per heavy atom. The van der Waals surface area contributed by atoms with Crippen molar-refractivity contribution >= 4 is 28.1 Å². The Morgan fingerprint density at radius 1 is 1.35 bits per heavy atom. The summed E-state index contributed by atoms with van der Waals surface area (Å²) in [6.07, 6.45) is 2.12. The molecular weight excluding hydrogens is 288 g/mol. The maximum Gasteiger partial charge on any atom is 0.194 e. The molecule has 0 fully saturated rings. The summed E-state index contributed by atoms with van der Waals surface area (Å²) in [5.74, 6) is 1.10. The molecular formula is C14H24N4S2. The van der Waals surface area contributed by atoms with Gasteiger partial charge in [-0.15, -0.1) is 23.1 Å². The number of hydrogen-bond acceptors (Lipinski definition) is 5. The molecule has 0 amide bonds. The van der Waals surface area contributed by atoms with Crippen molar-refractivity contribution in [2.45, 2.75) is 32.3 Å². The Labute approximate surface area is 129 Å². The van der Waals surface area contributed by atoms with Gasteiger partial charge in [0, 0.05) is 30.4 Å². The highest BCUT2D eigenvalue weighted by molar-refractivity contribution is 7.99. The largest absolute Gasteiger partial charge is 0.311 e. The van der Waals surface area contributed by atoms with Crippen LogP contribution in [0.2, 0.25) is 0 Å². The van der Waals surface area contributed by atoms with Gasteiger partial charge in [-0.2, -0.15) is 0 Å². The Morgan fingerprint density at radius 3 is 2.85 bits per heavy atom. The fraction of sp³-hybridized carbons (Fsp3) is 0.643. The minimum Gasteiger partial charge on any atom is -0.311 e. The fourth-order valence-corrected chi connectivity index (χ4v) is 3.97. The lowest BCUT2D eigenvalue weighted by molar-refractivity contribution is 0.324. The van der Waals surface area contributed by atoms with Crippen LogP contribution < -0.4 is 5.32 Å². The van der Waals surface area contributed by atoms with Crippen LogP contribution in [0, 0.1) is 0 Å². The highest BCUT2D eigenvalue weighted by Crippen LogP contribution is 2.25. The SMILES string of the molecule is CCNCc1c(SCCN(CC)CC)nc2sccn12. The number of nitrogens with one attached hydrogen (secondary N) is 1. The van der Waals surface area contributed by atoms with Crippen LogP contribution >= 0.6 is 23.1 Å². The van der Waals surface area contributed by atoms with Gasteiger partial charge in [0.25, 0.3) is 0 Å². The number of thiazole rings is 1. The molecule has 0 aliphatic heterocycles. The molecule has 0 spiro atoms. The van der Waals surface area contributed by atoms with Gasteiger partial charge in [0.2, 0.25) is 0 Å². The third-order valence-electron chi connectivity index (χ3n) is 3.41. The summed E-state index contributed by atoms with van der Waals surface area (Å²) < 4.78 is 2.22. The first-order valence-electron chi connectivity index (χ1n) is 7.30. The summed E-state index contributed by atoms with van der Waals surface area (Å²) in [4.78, 5) is 8.31. The molecule has 0 aliphatic carbocycles. The molecule has 0 aliphatic rings. The standard InChI is InChI=1S/C14H24N4S2/c1-4-15-11-12-13(16-14-18(12)8-10-20-14)19-9-7-17(5-2)6-3/h8,10,15H,4-7,9,11H2,1-3H3. The fourth-order valence-electron chi connectivity index (χ4n) is 2.14. The molecule has 112 valence electrons. The van der Waals surface area contributed by atoms with E-state index >= 15 is 0 Å². The van der Waals surface area contributed by atoms with E-state index in [1.54, 1.807) is 11.3 Å². The van der Waals surface area contributed by atoms with E-state index in [0.717, 1.165) is 43.4 Å². The van der Waals surface area contributed by atoms with Crippen molar-refractivity contribution in [1.29, 1.82) is 0 Å². The van der Waals surface area contributed by atoms with E-state index in [0.29, 0.717) is 0 Å². The molecule has 1 N–H and O–H groups in total. The first-order valence-corrected chi connectivity index (χ1v) is 9.16. The van der Waals surface area contributed by atoms with Crippen LogP contribution in [0.3, 0.4) is 0 Å². The average Bonchev–Trinajstić information content (AvgIpc) is 3.02. The Balaban J connectivity index is 2.02. The summed E-state index contributed by atoms with van der Waals surface area (Å²) >= 11 is 3.58. The molecule has 2 rings (SSSR count). The molecule has 2 heterocycles. The Bertz CT molecular complexity index is 516. The van der Waals surface area contributed by atoms with Crippen molar-refractivity contribution < 1.29 is 0 Å². The zero-order valence-electron chi connectivity index (χ0n) is 12.6. The average molecular weight is 313 g/mol. The second kappa shape index (κ2) is 8.02. The number of aromatic nitrogens is 2. The monoisotopic (exact) mass is 312 g/mol. The van der Waals surface area contributed by atoms with E-state index < -0.39 is 0 Å². The summed E-state index contributed by atoms with van der Waals surface area (Å²) in [5.41, 5.74) is 1.30. The maximum absolute atomic E-state index is 4.76. The van der Waals surface area contributed by atoms with Crippen molar-refractivity contribution in [2.75, 3.05) is 31.9 Å². The van der Waals surface area contributed by atoms with Gasteiger partial charge < -0.3 is 10.2 Å². The lowest BCUT2D eigenvalue weighted by Gasteiger charge is -2.17. The van der Waals surface area contributed by atoms with Crippen molar-refractivity contribution in [1.82, 2.24) is 19.6 Å². The molecule has 0 bridgehead atoms. The van der Waals surface area contributed by atoms with Gasteiger partial charge in [-0.25, -0.2) is 4.98 Å². The molecule has 0 aromatic carbocycles. The number of hydrogen-bond donors (Lipinski definition) is 1. The summed E-state index contributed by atoms with van der Waals surface area (Å²) in [5, 5.41) is 6.70. The highest BCUT2D eigenvalue weighted by atomic mass is 32.2. The van der Waals surface area contributed by atoms with Crippen LogP contribution in [0.4, 0.5) is 0 Å². The van der Waals surface area contributed by atoms with Crippen LogP contribution in [0.1, 0.15) is 26.5 Å². The number of rotatable bonds is 9. The van der Waals surface area contributed by atoms with Crippen molar-refractivity contribution in [3.05, 3.63) is 17.3 Å². The molecule has 6 heteroatoms. The third kappa shape index (κ3) is 3.75. The second-order valence-corrected chi connectivity index (χ2v) is 6.53. The van der Waals surface area contributed by atoms with E-state index in [9.17, 15) is 0 Å². The zero-order valence-corrected chi connectivity index (χ0v) is 14.2. The summed E-state index contributed by atoms with van der Waals surface area (Å²) in [6.45, 7) is 11.8.